The normalized spacial score (nSPS) is 10.5. The van der Waals surface area contributed by atoms with Gasteiger partial charge in [-0.05, 0) is 19.3 Å². The number of hydrogen-bond donors (Lipinski definition) is 0. The van der Waals surface area contributed by atoms with Gasteiger partial charge >= 0.3 is 11.9 Å². The fourth-order valence-electron chi connectivity index (χ4n) is 2.01. The van der Waals surface area contributed by atoms with Crippen molar-refractivity contribution in [2.45, 2.75) is 77.6 Å². The Labute approximate surface area is 139 Å². The Kier molecular flexibility index (Phi) is 16.0. The Morgan fingerprint density at radius 3 is 1.68 bits per heavy atom. The highest BCUT2D eigenvalue weighted by Crippen LogP contribution is 2.09. The topological polar surface area (TPSA) is 52.6 Å². The molecule has 0 aliphatic rings. The van der Waals surface area contributed by atoms with Gasteiger partial charge in [-0.1, -0.05) is 45.4 Å². The van der Waals surface area contributed by atoms with Gasteiger partial charge in [-0.3, -0.25) is 9.59 Å². The van der Waals surface area contributed by atoms with Crippen molar-refractivity contribution in [3.8, 4) is 0 Å². The summed E-state index contributed by atoms with van der Waals surface area (Å²) >= 11 is 5.62. The van der Waals surface area contributed by atoms with E-state index in [4.69, 9.17) is 21.1 Å². The van der Waals surface area contributed by atoms with Gasteiger partial charge in [0.15, 0.2) is 0 Å². The molecule has 4 nitrogen and oxygen atoms in total. The van der Waals surface area contributed by atoms with Crippen LogP contribution in [0.1, 0.15) is 77.6 Å². The Hall–Kier alpha value is -0.770. The first kappa shape index (κ1) is 21.2. The van der Waals surface area contributed by atoms with E-state index in [1.807, 2.05) is 6.92 Å². The van der Waals surface area contributed by atoms with E-state index in [1.165, 1.54) is 32.1 Å². The number of esters is 2. The number of unbranched alkanes of at least 4 members (excludes halogenated alkanes) is 7. The second-order valence-electron chi connectivity index (χ2n) is 5.46. The van der Waals surface area contributed by atoms with Crippen LogP contribution in [0.5, 0.6) is 0 Å². The molecule has 0 amide bonds. The van der Waals surface area contributed by atoms with E-state index in [1.54, 1.807) is 0 Å². The van der Waals surface area contributed by atoms with Gasteiger partial charge in [-0.25, -0.2) is 0 Å². The lowest BCUT2D eigenvalue weighted by molar-refractivity contribution is -0.150. The number of ether oxygens (including phenoxy) is 2. The largest absolute Gasteiger partial charge is 0.466 e. The maximum absolute atomic E-state index is 11.4. The molecule has 0 atom stereocenters. The molecule has 0 radical (unpaired) electrons. The molecule has 0 saturated heterocycles. The molecule has 0 aromatic carbocycles. The van der Waals surface area contributed by atoms with E-state index in [0.717, 1.165) is 31.6 Å². The molecule has 5 heteroatoms. The van der Waals surface area contributed by atoms with Crippen molar-refractivity contribution < 1.29 is 19.1 Å². The zero-order chi connectivity index (χ0) is 16.5. The molecule has 0 saturated carbocycles. The molecular weight excluding hydrogens is 304 g/mol. The minimum Gasteiger partial charge on any atom is -0.466 e. The average Bonchev–Trinajstić information content (AvgIpc) is 2.52. The summed E-state index contributed by atoms with van der Waals surface area (Å²) in [4.78, 5) is 22.6. The van der Waals surface area contributed by atoms with Gasteiger partial charge in [0.05, 0.1) is 26.1 Å². The van der Waals surface area contributed by atoms with Crippen molar-refractivity contribution in [2.24, 2.45) is 0 Å². The third-order valence-corrected chi connectivity index (χ3v) is 3.56. The Balaban J connectivity index is 3.26. The van der Waals surface area contributed by atoms with Gasteiger partial charge in [-0.15, -0.1) is 11.6 Å². The summed E-state index contributed by atoms with van der Waals surface area (Å²) < 4.78 is 9.99. The van der Waals surface area contributed by atoms with Crippen molar-refractivity contribution in [1.29, 1.82) is 0 Å². The monoisotopic (exact) mass is 334 g/mol. The maximum Gasteiger partial charge on any atom is 0.306 e. The fourth-order valence-corrected chi connectivity index (χ4v) is 2.20. The number of carbonyl (C=O) groups is 2. The van der Waals surface area contributed by atoms with Crippen LogP contribution in [0.25, 0.3) is 0 Å². The molecule has 0 spiro atoms. The lowest BCUT2D eigenvalue weighted by atomic mass is 10.1. The highest BCUT2D eigenvalue weighted by molar-refractivity contribution is 6.17. The minimum atomic E-state index is -0.326. The first-order chi connectivity index (χ1) is 10.7. The predicted molar refractivity (Wildman–Crippen MR) is 89.1 cm³/mol. The van der Waals surface area contributed by atoms with E-state index < -0.39 is 0 Å². The smallest absolute Gasteiger partial charge is 0.306 e. The van der Waals surface area contributed by atoms with E-state index in [9.17, 15) is 9.59 Å². The van der Waals surface area contributed by atoms with Crippen molar-refractivity contribution in [2.75, 3.05) is 19.1 Å². The van der Waals surface area contributed by atoms with Crippen LogP contribution in [0, 0.1) is 0 Å². The quantitative estimate of drug-likeness (QED) is 0.249. The zero-order valence-electron chi connectivity index (χ0n) is 13.9. The van der Waals surface area contributed by atoms with E-state index in [-0.39, 0.29) is 24.8 Å². The third-order valence-electron chi connectivity index (χ3n) is 3.29. The molecule has 130 valence electrons. The van der Waals surface area contributed by atoms with Gasteiger partial charge in [-0.2, -0.15) is 0 Å². The Morgan fingerprint density at radius 1 is 0.727 bits per heavy atom. The Bertz CT molecular complexity index is 282. The molecule has 0 N–H and O–H groups in total. The van der Waals surface area contributed by atoms with Crippen LogP contribution in [0.2, 0.25) is 0 Å². The van der Waals surface area contributed by atoms with Crippen LogP contribution in [0.3, 0.4) is 0 Å². The summed E-state index contributed by atoms with van der Waals surface area (Å²) in [7, 11) is 0. The Morgan fingerprint density at radius 2 is 1.18 bits per heavy atom. The average molecular weight is 335 g/mol. The molecule has 0 heterocycles. The van der Waals surface area contributed by atoms with Crippen molar-refractivity contribution in [1.82, 2.24) is 0 Å². The lowest BCUT2D eigenvalue weighted by Crippen LogP contribution is -2.11. The predicted octanol–water partition coefficient (Wildman–Crippen LogP) is 4.62. The van der Waals surface area contributed by atoms with E-state index in [2.05, 4.69) is 0 Å². The second kappa shape index (κ2) is 16.6. The van der Waals surface area contributed by atoms with Crippen molar-refractivity contribution in [3.63, 3.8) is 0 Å². The number of alkyl halides is 1. The van der Waals surface area contributed by atoms with Crippen LogP contribution in [0.15, 0.2) is 0 Å². The molecular formula is C17H31ClO4. The minimum absolute atomic E-state index is 0.112. The summed E-state index contributed by atoms with van der Waals surface area (Å²) in [5.74, 6) is 0.129. The third kappa shape index (κ3) is 15.6. The first-order valence-corrected chi connectivity index (χ1v) is 9.11. The molecule has 0 bridgehead atoms. The number of carbonyl (C=O) groups excluding carboxylic acids is 2. The molecule has 0 aliphatic carbocycles. The number of hydrogen-bond acceptors (Lipinski definition) is 4. The van der Waals surface area contributed by atoms with Gasteiger partial charge in [0, 0.05) is 5.88 Å². The van der Waals surface area contributed by atoms with Crippen LogP contribution in [-0.4, -0.2) is 31.0 Å². The first-order valence-electron chi connectivity index (χ1n) is 8.58. The molecule has 0 fully saturated rings. The highest BCUT2D eigenvalue weighted by atomic mass is 35.5. The van der Waals surface area contributed by atoms with E-state index in [0.29, 0.717) is 13.2 Å². The summed E-state index contributed by atoms with van der Waals surface area (Å²) in [6.07, 6.45) is 10.3. The summed E-state index contributed by atoms with van der Waals surface area (Å²) in [6, 6.07) is 0. The number of halogens is 1. The molecule has 22 heavy (non-hydrogen) atoms. The molecule has 0 aliphatic heterocycles. The van der Waals surface area contributed by atoms with Crippen molar-refractivity contribution >= 4 is 23.5 Å². The van der Waals surface area contributed by atoms with Crippen LogP contribution in [0.4, 0.5) is 0 Å². The van der Waals surface area contributed by atoms with Gasteiger partial charge in [0.2, 0.25) is 0 Å². The highest BCUT2D eigenvalue weighted by Gasteiger charge is 2.08. The SMILES string of the molecule is CCCOC(=O)CCC(=O)OCCCCCCCCCCCl. The molecule has 0 rings (SSSR count). The zero-order valence-corrected chi connectivity index (χ0v) is 14.7. The van der Waals surface area contributed by atoms with Crippen molar-refractivity contribution in [3.05, 3.63) is 0 Å². The summed E-state index contributed by atoms with van der Waals surface area (Å²) in [5.41, 5.74) is 0. The van der Waals surface area contributed by atoms with E-state index >= 15 is 0 Å². The molecule has 0 unspecified atom stereocenters. The molecule has 0 aromatic rings. The summed E-state index contributed by atoms with van der Waals surface area (Å²) in [6.45, 7) is 2.80. The van der Waals surface area contributed by atoms with Gasteiger partial charge in [0.25, 0.3) is 0 Å². The lowest BCUT2D eigenvalue weighted by Gasteiger charge is -2.05. The van der Waals surface area contributed by atoms with Crippen LogP contribution in [-0.2, 0) is 19.1 Å². The van der Waals surface area contributed by atoms with Crippen LogP contribution < -0.4 is 0 Å². The fraction of sp³-hybridized carbons (Fsp3) is 0.882. The van der Waals surface area contributed by atoms with Gasteiger partial charge in [0.1, 0.15) is 0 Å². The van der Waals surface area contributed by atoms with Crippen LogP contribution >= 0.6 is 11.6 Å². The molecule has 0 aromatic heterocycles. The number of rotatable bonds is 15. The standard InChI is InChI=1S/C17H31ClO4/c1-2-14-21-16(19)11-12-17(20)22-15-10-8-6-4-3-5-7-9-13-18/h2-15H2,1H3. The summed E-state index contributed by atoms with van der Waals surface area (Å²) in [5, 5.41) is 0. The second-order valence-corrected chi connectivity index (χ2v) is 5.84. The van der Waals surface area contributed by atoms with Gasteiger partial charge < -0.3 is 9.47 Å². The maximum atomic E-state index is 11.4.